The number of carbonyl (C=O) groups is 1. The molecule has 4 nitrogen and oxygen atoms in total. The van der Waals surface area contributed by atoms with Gasteiger partial charge in [-0.05, 0) is 38.3 Å². The SMILES string of the molecule is CCOC1CC(N(C)C(=O)c2ccc(C(F)(F)F)nc2)C12CCCCC2. The van der Waals surface area contributed by atoms with E-state index in [-0.39, 0.29) is 29.0 Å². The third-order valence-corrected chi connectivity index (χ3v) is 5.98. The third kappa shape index (κ3) is 3.33. The predicted molar refractivity (Wildman–Crippen MR) is 90.7 cm³/mol. The third-order valence-electron chi connectivity index (χ3n) is 5.98. The smallest absolute Gasteiger partial charge is 0.378 e. The van der Waals surface area contributed by atoms with Crippen molar-refractivity contribution in [1.82, 2.24) is 9.88 Å². The van der Waals surface area contributed by atoms with E-state index in [9.17, 15) is 18.0 Å². The van der Waals surface area contributed by atoms with E-state index in [1.807, 2.05) is 6.92 Å². The molecule has 2 unspecified atom stereocenters. The van der Waals surface area contributed by atoms with Gasteiger partial charge < -0.3 is 9.64 Å². The Labute approximate surface area is 151 Å². The fourth-order valence-corrected chi connectivity index (χ4v) is 4.60. The summed E-state index contributed by atoms with van der Waals surface area (Å²) in [5.74, 6) is -0.281. The molecule has 0 saturated heterocycles. The fourth-order valence-electron chi connectivity index (χ4n) is 4.60. The number of nitrogens with zero attached hydrogens (tertiary/aromatic N) is 2. The first-order valence-electron chi connectivity index (χ1n) is 9.21. The first-order valence-corrected chi connectivity index (χ1v) is 9.21. The molecule has 2 aliphatic carbocycles. The van der Waals surface area contributed by atoms with Crippen LogP contribution in [0.5, 0.6) is 0 Å². The van der Waals surface area contributed by atoms with Gasteiger partial charge in [-0.15, -0.1) is 0 Å². The molecule has 1 heterocycles. The maximum atomic E-state index is 12.8. The normalized spacial score (nSPS) is 25.0. The second-order valence-corrected chi connectivity index (χ2v) is 7.34. The van der Waals surface area contributed by atoms with E-state index in [2.05, 4.69) is 4.98 Å². The molecule has 0 aliphatic heterocycles. The van der Waals surface area contributed by atoms with Crippen molar-refractivity contribution in [3.05, 3.63) is 29.6 Å². The lowest BCUT2D eigenvalue weighted by atomic mass is 9.54. The van der Waals surface area contributed by atoms with Gasteiger partial charge in [0.05, 0.1) is 11.7 Å². The van der Waals surface area contributed by atoms with Crippen LogP contribution in [0.1, 0.15) is 61.5 Å². The van der Waals surface area contributed by atoms with Crippen LogP contribution in [-0.2, 0) is 10.9 Å². The van der Waals surface area contributed by atoms with Gasteiger partial charge in [-0.1, -0.05) is 19.3 Å². The van der Waals surface area contributed by atoms with E-state index < -0.39 is 11.9 Å². The van der Waals surface area contributed by atoms with E-state index in [1.54, 1.807) is 11.9 Å². The van der Waals surface area contributed by atoms with Crippen molar-refractivity contribution in [2.24, 2.45) is 5.41 Å². The van der Waals surface area contributed by atoms with Gasteiger partial charge in [0.2, 0.25) is 0 Å². The fraction of sp³-hybridized carbons (Fsp3) is 0.684. The van der Waals surface area contributed by atoms with Crippen molar-refractivity contribution in [2.45, 2.75) is 63.8 Å². The van der Waals surface area contributed by atoms with E-state index >= 15 is 0 Å². The van der Waals surface area contributed by atoms with Crippen LogP contribution >= 0.6 is 0 Å². The summed E-state index contributed by atoms with van der Waals surface area (Å²) in [5, 5.41) is 0. The molecule has 2 saturated carbocycles. The average molecular weight is 370 g/mol. The Morgan fingerprint density at radius 3 is 2.54 bits per heavy atom. The molecule has 1 aromatic rings. The largest absolute Gasteiger partial charge is 0.433 e. The molecule has 144 valence electrons. The summed E-state index contributed by atoms with van der Waals surface area (Å²) in [5.41, 5.74) is -0.815. The number of rotatable bonds is 4. The van der Waals surface area contributed by atoms with E-state index in [4.69, 9.17) is 4.74 Å². The minimum absolute atomic E-state index is 0.0159. The molecule has 2 fully saturated rings. The number of alkyl halides is 3. The van der Waals surface area contributed by atoms with Gasteiger partial charge in [-0.25, -0.2) is 0 Å². The van der Waals surface area contributed by atoms with Crippen molar-refractivity contribution >= 4 is 5.91 Å². The zero-order chi connectivity index (χ0) is 18.9. The molecule has 1 spiro atoms. The van der Waals surface area contributed by atoms with Gasteiger partial charge in [-0.3, -0.25) is 9.78 Å². The maximum Gasteiger partial charge on any atom is 0.433 e. The minimum Gasteiger partial charge on any atom is -0.378 e. The van der Waals surface area contributed by atoms with Crippen LogP contribution in [0.25, 0.3) is 0 Å². The number of carbonyl (C=O) groups excluding carboxylic acids is 1. The zero-order valence-corrected chi connectivity index (χ0v) is 15.2. The molecule has 2 atom stereocenters. The Morgan fingerprint density at radius 2 is 2.00 bits per heavy atom. The molecule has 3 rings (SSSR count). The number of hydrogen-bond donors (Lipinski definition) is 0. The second-order valence-electron chi connectivity index (χ2n) is 7.34. The van der Waals surface area contributed by atoms with Crippen LogP contribution in [0.15, 0.2) is 18.3 Å². The maximum absolute atomic E-state index is 12.8. The molecule has 1 aromatic heterocycles. The predicted octanol–water partition coefficient (Wildman–Crippen LogP) is 4.30. The summed E-state index contributed by atoms with van der Waals surface area (Å²) in [4.78, 5) is 17.9. The summed E-state index contributed by atoms with van der Waals surface area (Å²) < 4.78 is 43.9. The topological polar surface area (TPSA) is 42.4 Å². The first kappa shape index (κ1) is 19.1. The molecule has 0 N–H and O–H groups in total. The second kappa shape index (κ2) is 7.18. The van der Waals surface area contributed by atoms with Crippen molar-refractivity contribution < 1.29 is 22.7 Å². The van der Waals surface area contributed by atoms with Gasteiger partial charge in [0.15, 0.2) is 0 Å². The number of ether oxygens (including phenoxy) is 1. The quantitative estimate of drug-likeness (QED) is 0.794. The Kier molecular flexibility index (Phi) is 5.28. The number of aromatic nitrogens is 1. The lowest BCUT2D eigenvalue weighted by Crippen LogP contribution is -2.65. The Balaban J connectivity index is 1.75. The summed E-state index contributed by atoms with van der Waals surface area (Å²) in [7, 11) is 1.74. The number of amides is 1. The van der Waals surface area contributed by atoms with Crippen LogP contribution in [0.3, 0.4) is 0 Å². The van der Waals surface area contributed by atoms with Gasteiger partial charge in [0.1, 0.15) is 5.69 Å². The molecular formula is C19H25F3N2O2. The number of halogens is 3. The van der Waals surface area contributed by atoms with Gasteiger partial charge in [0, 0.05) is 31.3 Å². The Hall–Kier alpha value is -1.63. The molecule has 7 heteroatoms. The van der Waals surface area contributed by atoms with Crippen LogP contribution < -0.4 is 0 Å². The average Bonchev–Trinajstić information content (AvgIpc) is 2.64. The molecule has 0 aromatic carbocycles. The van der Waals surface area contributed by atoms with Crippen molar-refractivity contribution in [3.63, 3.8) is 0 Å². The Morgan fingerprint density at radius 1 is 1.31 bits per heavy atom. The van der Waals surface area contributed by atoms with E-state index in [0.717, 1.165) is 44.4 Å². The molecule has 26 heavy (non-hydrogen) atoms. The summed E-state index contributed by atoms with van der Waals surface area (Å²) in [6, 6.07) is 2.14. The molecule has 0 radical (unpaired) electrons. The van der Waals surface area contributed by atoms with Gasteiger partial charge >= 0.3 is 6.18 Å². The molecule has 0 bridgehead atoms. The standard InChI is InChI=1S/C19H25F3N2O2/c1-3-26-16-11-15(18(16)9-5-4-6-10-18)24(2)17(25)13-7-8-14(23-12-13)19(20,21)22/h7-8,12,15-16H,3-6,9-11H2,1-2H3. The molecule has 2 aliphatic rings. The van der Waals surface area contributed by atoms with Crippen LogP contribution in [0.4, 0.5) is 13.2 Å². The van der Waals surface area contributed by atoms with Crippen molar-refractivity contribution in [3.8, 4) is 0 Å². The summed E-state index contributed by atoms with van der Waals surface area (Å²) in [6.45, 7) is 2.63. The summed E-state index contributed by atoms with van der Waals surface area (Å²) >= 11 is 0. The highest BCUT2D eigenvalue weighted by atomic mass is 19.4. The highest BCUT2D eigenvalue weighted by Crippen LogP contribution is 2.55. The van der Waals surface area contributed by atoms with Crippen molar-refractivity contribution in [1.29, 1.82) is 0 Å². The van der Waals surface area contributed by atoms with Crippen LogP contribution in [0.2, 0.25) is 0 Å². The lowest BCUT2D eigenvalue weighted by Gasteiger charge is -2.60. The van der Waals surface area contributed by atoms with Crippen molar-refractivity contribution in [2.75, 3.05) is 13.7 Å². The van der Waals surface area contributed by atoms with Gasteiger partial charge in [0.25, 0.3) is 5.91 Å². The lowest BCUT2D eigenvalue weighted by molar-refractivity contribution is -0.170. The molecular weight excluding hydrogens is 345 g/mol. The minimum atomic E-state index is -4.50. The first-order chi connectivity index (χ1) is 12.3. The van der Waals surface area contributed by atoms with E-state index in [1.165, 1.54) is 12.5 Å². The number of hydrogen-bond acceptors (Lipinski definition) is 3. The summed E-state index contributed by atoms with van der Waals surface area (Å²) in [6.07, 6.45) is 2.99. The van der Waals surface area contributed by atoms with Gasteiger partial charge in [-0.2, -0.15) is 13.2 Å². The highest BCUT2D eigenvalue weighted by molar-refractivity contribution is 5.94. The van der Waals surface area contributed by atoms with Crippen LogP contribution in [-0.4, -0.2) is 41.6 Å². The monoisotopic (exact) mass is 370 g/mol. The van der Waals surface area contributed by atoms with Crippen LogP contribution in [0, 0.1) is 5.41 Å². The molecule has 1 amide bonds. The zero-order valence-electron chi connectivity index (χ0n) is 15.2. The number of pyridine rings is 1. The van der Waals surface area contributed by atoms with E-state index in [0.29, 0.717) is 6.61 Å². The highest BCUT2D eigenvalue weighted by Gasteiger charge is 2.57. The Bertz CT molecular complexity index is 639.